The first-order valence-corrected chi connectivity index (χ1v) is 8.69. The monoisotopic (exact) mass is 387 g/mol. The highest BCUT2D eigenvalue weighted by Gasteiger charge is 2.20. The lowest BCUT2D eigenvalue weighted by Crippen LogP contribution is -2.29. The van der Waals surface area contributed by atoms with Gasteiger partial charge < -0.3 is 19.5 Å². The van der Waals surface area contributed by atoms with Gasteiger partial charge >= 0.3 is 5.97 Å². The molecule has 8 heteroatoms. The maximum absolute atomic E-state index is 12.3. The Morgan fingerprint density at radius 1 is 1.21 bits per heavy atom. The van der Waals surface area contributed by atoms with Gasteiger partial charge in [-0.25, -0.2) is 4.79 Å². The molecule has 0 aliphatic rings. The van der Waals surface area contributed by atoms with E-state index in [-0.39, 0.29) is 0 Å². The number of carbonyl (C=O) groups excluding carboxylic acids is 2. The number of aryl methyl sites for hydroxylation is 2. The summed E-state index contributed by atoms with van der Waals surface area (Å²) in [7, 11) is 4.84. The number of aromatic nitrogens is 2. The van der Waals surface area contributed by atoms with Crippen molar-refractivity contribution in [1.29, 1.82) is 0 Å². The van der Waals surface area contributed by atoms with Crippen LogP contribution in [-0.4, -0.2) is 42.0 Å². The van der Waals surface area contributed by atoms with Crippen LogP contribution in [0, 0.1) is 13.8 Å². The van der Waals surface area contributed by atoms with Gasteiger partial charge in [0.1, 0.15) is 0 Å². The van der Waals surface area contributed by atoms with E-state index < -0.39 is 18.0 Å². The summed E-state index contributed by atoms with van der Waals surface area (Å²) in [6.45, 7) is 5.15. The number of hydrogen-bond acceptors (Lipinski definition) is 6. The Labute approximate surface area is 164 Å². The molecule has 2 aromatic rings. The first-order valence-electron chi connectivity index (χ1n) is 8.69. The van der Waals surface area contributed by atoms with Crippen LogP contribution in [0.15, 0.2) is 24.3 Å². The van der Waals surface area contributed by atoms with Crippen molar-refractivity contribution in [2.75, 3.05) is 19.5 Å². The lowest BCUT2D eigenvalue weighted by atomic mass is 10.1. The lowest BCUT2D eigenvalue weighted by molar-refractivity contribution is -0.148. The van der Waals surface area contributed by atoms with E-state index in [2.05, 4.69) is 10.4 Å². The second-order valence-electron chi connectivity index (χ2n) is 6.15. The van der Waals surface area contributed by atoms with Crippen LogP contribution in [0.25, 0.3) is 6.08 Å². The minimum absolute atomic E-state index is 0.431. The number of rotatable bonds is 7. The molecule has 0 saturated carbocycles. The smallest absolute Gasteiger partial charge is 0.331 e. The standard InChI is InChI=1S/C20H25N3O5/c1-12-18(13(2)23(4)22-12)21-20(25)14(3)28-17(24)11-10-15-8-7-9-16(26-5)19(15)27-6/h7-11,14H,1-6H3,(H,21,25)/b11-10+/t14-/m0/s1. The van der Waals surface area contributed by atoms with E-state index in [1.807, 2.05) is 6.92 Å². The third kappa shape index (κ3) is 4.70. The molecule has 0 unspecified atom stereocenters. The summed E-state index contributed by atoms with van der Waals surface area (Å²) in [5.41, 5.74) is 2.77. The minimum Gasteiger partial charge on any atom is -0.493 e. The third-order valence-electron chi connectivity index (χ3n) is 4.25. The molecular weight excluding hydrogens is 362 g/mol. The second-order valence-corrected chi connectivity index (χ2v) is 6.15. The molecule has 28 heavy (non-hydrogen) atoms. The summed E-state index contributed by atoms with van der Waals surface area (Å²) in [5.74, 6) is -0.0255. The van der Waals surface area contributed by atoms with Crippen molar-refractivity contribution < 1.29 is 23.8 Å². The van der Waals surface area contributed by atoms with Crippen LogP contribution in [0.3, 0.4) is 0 Å². The zero-order valence-corrected chi connectivity index (χ0v) is 16.9. The fraction of sp³-hybridized carbons (Fsp3) is 0.350. The molecule has 0 spiro atoms. The average Bonchev–Trinajstić information content (AvgIpc) is 2.91. The first-order chi connectivity index (χ1) is 13.3. The molecule has 2 rings (SSSR count). The van der Waals surface area contributed by atoms with Gasteiger partial charge in [-0.2, -0.15) is 5.10 Å². The van der Waals surface area contributed by atoms with Crippen molar-refractivity contribution in [3.8, 4) is 11.5 Å². The molecule has 1 aromatic carbocycles. The van der Waals surface area contributed by atoms with Gasteiger partial charge in [-0.15, -0.1) is 0 Å². The fourth-order valence-corrected chi connectivity index (χ4v) is 2.65. The summed E-state index contributed by atoms with van der Waals surface area (Å²) < 4.78 is 17.4. The molecule has 1 amide bonds. The van der Waals surface area contributed by atoms with Gasteiger partial charge in [0.25, 0.3) is 5.91 Å². The van der Waals surface area contributed by atoms with Crippen molar-refractivity contribution >= 4 is 23.6 Å². The molecule has 0 radical (unpaired) electrons. The van der Waals surface area contributed by atoms with E-state index in [4.69, 9.17) is 14.2 Å². The predicted molar refractivity (Wildman–Crippen MR) is 105 cm³/mol. The summed E-state index contributed by atoms with van der Waals surface area (Å²) in [5, 5.41) is 6.99. The summed E-state index contributed by atoms with van der Waals surface area (Å²) in [6.07, 6.45) is 1.81. The molecule has 0 aliphatic heterocycles. The molecule has 0 aliphatic carbocycles. The maximum atomic E-state index is 12.3. The number of esters is 1. The van der Waals surface area contributed by atoms with Gasteiger partial charge in [-0.3, -0.25) is 9.48 Å². The quantitative estimate of drug-likeness (QED) is 0.580. The Hall–Kier alpha value is -3.29. The summed E-state index contributed by atoms with van der Waals surface area (Å²) in [4.78, 5) is 24.4. The first kappa shape index (κ1) is 21.0. The Morgan fingerprint density at radius 3 is 2.50 bits per heavy atom. The Morgan fingerprint density at radius 2 is 1.93 bits per heavy atom. The minimum atomic E-state index is -0.969. The van der Waals surface area contributed by atoms with E-state index >= 15 is 0 Å². The highest BCUT2D eigenvalue weighted by atomic mass is 16.5. The van der Waals surface area contributed by atoms with Gasteiger partial charge in [0, 0.05) is 18.7 Å². The van der Waals surface area contributed by atoms with Crippen LogP contribution in [-0.2, 0) is 21.4 Å². The number of amides is 1. The third-order valence-corrected chi connectivity index (χ3v) is 4.25. The largest absolute Gasteiger partial charge is 0.493 e. The Bertz CT molecular complexity index is 901. The average molecular weight is 387 g/mol. The van der Waals surface area contributed by atoms with Gasteiger partial charge in [0.05, 0.1) is 31.3 Å². The molecule has 8 nitrogen and oxygen atoms in total. The number of carbonyl (C=O) groups is 2. The van der Waals surface area contributed by atoms with E-state index in [0.717, 1.165) is 5.69 Å². The zero-order valence-electron chi connectivity index (χ0n) is 16.9. The SMILES string of the molecule is COc1cccc(/C=C/C(=O)O[C@@H](C)C(=O)Nc2c(C)nn(C)c2C)c1OC. The van der Waals surface area contributed by atoms with Crippen molar-refractivity contribution in [3.63, 3.8) is 0 Å². The van der Waals surface area contributed by atoms with E-state index in [0.29, 0.717) is 28.4 Å². The van der Waals surface area contributed by atoms with Crippen LogP contribution in [0.2, 0.25) is 0 Å². The van der Waals surface area contributed by atoms with E-state index in [1.54, 1.807) is 42.9 Å². The molecule has 0 bridgehead atoms. The number of anilines is 1. The summed E-state index contributed by atoms with van der Waals surface area (Å²) in [6, 6.07) is 5.31. The van der Waals surface area contributed by atoms with E-state index in [9.17, 15) is 9.59 Å². The predicted octanol–water partition coefficient (Wildman–Crippen LogP) is 2.64. The molecule has 1 N–H and O–H groups in total. The number of hydrogen-bond donors (Lipinski definition) is 1. The zero-order chi connectivity index (χ0) is 20.8. The van der Waals surface area contributed by atoms with Gasteiger partial charge in [0.15, 0.2) is 17.6 Å². The van der Waals surface area contributed by atoms with Gasteiger partial charge in [-0.1, -0.05) is 12.1 Å². The topological polar surface area (TPSA) is 91.7 Å². The number of nitrogens with zero attached hydrogens (tertiary/aromatic N) is 2. The second kappa shape index (κ2) is 9.07. The number of nitrogens with one attached hydrogen (secondary N) is 1. The summed E-state index contributed by atoms with van der Waals surface area (Å²) >= 11 is 0. The van der Waals surface area contributed by atoms with E-state index in [1.165, 1.54) is 27.2 Å². The Balaban J connectivity index is 2.02. The fourth-order valence-electron chi connectivity index (χ4n) is 2.65. The van der Waals surface area contributed by atoms with Crippen LogP contribution in [0.4, 0.5) is 5.69 Å². The van der Waals surface area contributed by atoms with Crippen LogP contribution >= 0.6 is 0 Å². The van der Waals surface area contributed by atoms with Crippen LogP contribution in [0.1, 0.15) is 23.9 Å². The van der Waals surface area contributed by atoms with Crippen LogP contribution < -0.4 is 14.8 Å². The molecular formula is C20H25N3O5. The number of benzene rings is 1. The molecule has 1 heterocycles. The van der Waals surface area contributed by atoms with Crippen molar-refractivity contribution in [2.24, 2.45) is 7.05 Å². The van der Waals surface area contributed by atoms with Crippen molar-refractivity contribution in [3.05, 3.63) is 41.2 Å². The number of methoxy groups -OCH3 is 2. The van der Waals surface area contributed by atoms with Gasteiger partial charge in [0.2, 0.25) is 0 Å². The van der Waals surface area contributed by atoms with Gasteiger partial charge in [-0.05, 0) is 32.9 Å². The van der Waals surface area contributed by atoms with Crippen molar-refractivity contribution in [2.45, 2.75) is 26.9 Å². The highest BCUT2D eigenvalue weighted by Crippen LogP contribution is 2.31. The molecule has 0 saturated heterocycles. The molecule has 1 aromatic heterocycles. The normalized spacial score (nSPS) is 11.9. The Kier molecular flexibility index (Phi) is 6.81. The highest BCUT2D eigenvalue weighted by molar-refractivity contribution is 5.97. The van der Waals surface area contributed by atoms with Crippen molar-refractivity contribution in [1.82, 2.24) is 9.78 Å². The van der Waals surface area contributed by atoms with Crippen LogP contribution in [0.5, 0.6) is 11.5 Å². The number of para-hydroxylation sites is 1. The molecule has 0 fully saturated rings. The molecule has 150 valence electrons. The number of ether oxygens (including phenoxy) is 3. The maximum Gasteiger partial charge on any atom is 0.331 e. The molecule has 1 atom stereocenters. The lowest BCUT2D eigenvalue weighted by Gasteiger charge is -2.13.